The average molecular weight is 355 g/mol. The van der Waals surface area contributed by atoms with Gasteiger partial charge >= 0.3 is 6.09 Å². The van der Waals surface area contributed by atoms with E-state index in [1.807, 2.05) is 20.8 Å². The van der Waals surface area contributed by atoms with E-state index in [4.69, 9.17) is 16.3 Å². The van der Waals surface area contributed by atoms with Crippen molar-refractivity contribution in [3.63, 3.8) is 0 Å². The molecule has 0 radical (unpaired) electrons. The van der Waals surface area contributed by atoms with Crippen molar-refractivity contribution < 1.29 is 17.9 Å². The number of carbonyl (C=O) groups excluding carboxylic acids is 1. The summed E-state index contributed by atoms with van der Waals surface area (Å²) in [4.78, 5) is 13.6. The molecule has 0 aromatic rings. The van der Waals surface area contributed by atoms with Gasteiger partial charge in [-0.15, -0.1) is 11.6 Å². The summed E-state index contributed by atoms with van der Waals surface area (Å²) < 4.78 is 31.4. The second-order valence-electron chi connectivity index (χ2n) is 6.62. The topological polar surface area (TPSA) is 75.7 Å². The van der Waals surface area contributed by atoms with Crippen LogP contribution < -0.4 is 4.72 Å². The molecule has 0 aromatic carbocycles. The Bertz CT molecular complexity index is 454. The first-order valence-electron chi connectivity index (χ1n) is 7.64. The summed E-state index contributed by atoms with van der Waals surface area (Å²) in [5.74, 6) is 0.659. The van der Waals surface area contributed by atoms with Crippen LogP contribution in [0.1, 0.15) is 40.0 Å². The number of rotatable bonds is 6. The molecular formula is C14H27ClN2O4S. The van der Waals surface area contributed by atoms with Crippen LogP contribution in [0.3, 0.4) is 0 Å². The number of likely N-dealkylation sites (tertiary alicyclic amines) is 1. The summed E-state index contributed by atoms with van der Waals surface area (Å²) in [7, 11) is -3.24. The highest BCUT2D eigenvalue weighted by atomic mass is 35.5. The number of nitrogens with zero attached hydrogens (tertiary/aromatic N) is 1. The highest BCUT2D eigenvalue weighted by molar-refractivity contribution is 7.89. The van der Waals surface area contributed by atoms with E-state index in [1.165, 1.54) is 0 Å². The minimum Gasteiger partial charge on any atom is -0.444 e. The van der Waals surface area contributed by atoms with E-state index in [0.29, 0.717) is 31.9 Å². The number of hydrogen-bond acceptors (Lipinski definition) is 4. The van der Waals surface area contributed by atoms with Crippen LogP contribution in [0.4, 0.5) is 4.79 Å². The molecule has 8 heteroatoms. The van der Waals surface area contributed by atoms with Gasteiger partial charge in [0.05, 0.1) is 5.75 Å². The van der Waals surface area contributed by atoms with Crippen LogP contribution >= 0.6 is 11.6 Å². The van der Waals surface area contributed by atoms with Crippen molar-refractivity contribution in [1.82, 2.24) is 9.62 Å². The number of ether oxygens (including phenoxy) is 1. The minimum atomic E-state index is -3.24. The molecule has 0 atom stereocenters. The number of nitrogens with one attached hydrogen (secondary N) is 1. The fourth-order valence-corrected chi connectivity index (χ4v) is 3.66. The van der Waals surface area contributed by atoms with Crippen LogP contribution in [0, 0.1) is 5.92 Å². The van der Waals surface area contributed by atoms with Gasteiger partial charge in [-0.25, -0.2) is 17.9 Å². The Hall–Kier alpha value is -0.530. The lowest BCUT2D eigenvalue weighted by molar-refractivity contribution is 0.0185. The number of hydrogen-bond donors (Lipinski definition) is 1. The van der Waals surface area contributed by atoms with E-state index in [0.717, 1.165) is 12.8 Å². The summed E-state index contributed by atoms with van der Waals surface area (Å²) >= 11 is 5.51. The van der Waals surface area contributed by atoms with Gasteiger partial charge in [-0.3, -0.25) is 0 Å². The molecule has 1 fully saturated rings. The van der Waals surface area contributed by atoms with Gasteiger partial charge in [0.1, 0.15) is 5.60 Å². The van der Waals surface area contributed by atoms with Crippen LogP contribution in [0.25, 0.3) is 0 Å². The molecule has 0 aliphatic carbocycles. The third kappa shape index (κ3) is 7.65. The second-order valence-corrected chi connectivity index (χ2v) is 8.93. The Morgan fingerprint density at radius 3 is 2.41 bits per heavy atom. The SMILES string of the molecule is CC(C)(C)OC(=O)N1CCC(CNS(=O)(=O)CCCCl)CC1. The number of carbonyl (C=O) groups is 1. The summed E-state index contributed by atoms with van der Waals surface area (Å²) in [6.45, 7) is 7.15. The zero-order chi connectivity index (χ0) is 16.8. The maximum absolute atomic E-state index is 11.9. The Labute approximate surface area is 138 Å². The molecule has 1 N–H and O–H groups in total. The Balaban J connectivity index is 2.32. The van der Waals surface area contributed by atoms with Crippen molar-refractivity contribution in [2.75, 3.05) is 31.3 Å². The smallest absolute Gasteiger partial charge is 0.410 e. The van der Waals surface area contributed by atoms with Crippen LogP contribution in [0.2, 0.25) is 0 Å². The molecule has 130 valence electrons. The van der Waals surface area contributed by atoms with Gasteiger partial charge in [0.15, 0.2) is 0 Å². The van der Waals surface area contributed by atoms with Gasteiger partial charge in [0, 0.05) is 25.5 Å². The number of halogens is 1. The monoisotopic (exact) mass is 354 g/mol. The summed E-state index contributed by atoms with van der Waals surface area (Å²) in [6, 6.07) is 0. The lowest BCUT2D eigenvalue weighted by atomic mass is 9.97. The molecule has 0 unspecified atom stereocenters. The van der Waals surface area contributed by atoms with E-state index in [9.17, 15) is 13.2 Å². The number of piperidine rings is 1. The largest absolute Gasteiger partial charge is 0.444 e. The number of alkyl halides is 1. The lowest BCUT2D eigenvalue weighted by Crippen LogP contribution is -2.43. The molecule has 6 nitrogen and oxygen atoms in total. The van der Waals surface area contributed by atoms with E-state index in [1.54, 1.807) is 4.90 Å². The second kappa shape index (κ2) is 8.36. The third-order valence-corrected chi connectivity index (χ3v) is 5.10. The van der Waals surface area contributed by atoms with Gasteiger partial charge < -0.3 is 9.64 Å². The van der Waals surface area contributed by atoms with Crippen molar-refractivity contribution in [3.8, 4) is 0 Å². The fourth-order valence-electron chi connectivity index (χ4n) is 2.21. The lowest BCUT2D eigenvalue weighted by Gasteiger charge is -2.33. The summed E-state index contributed by atoms with van der Waals surface area (Å²) in [5, 5.41) is 0. The maximum atomic E-state index is 11.9. The third-order valence-electron chi connectivity index (χ3n) is 3.40. The van der Waals surface area contributed by atoms with Gasteiger partial charge in [-0.1, -0.05) is 0 Å². The fraction of sp³-hybridized carbons (Fsp3) is 0.929. The first-order valence-corrected chi connectivity index (χ1v) is 9.83. The average Bonchev–Trinajstić information content (AvgIpc) is 2.42. The van der Waals surface area contributed by atoms with Crippen molar-refractivity contribution in [3.05, 3.63) is 0 Å². The highest BCUT2D eigenvalue weighted by Gasteiger charge is 2.27. The van der Waals surface area contributed by atoms with E-state index < -0.39 is 15.6 Å². The van der Waals surface area contributed by atoms with Crippen molar-refractivity contribution in [2.45, 2.75) is 45.6 Å². The van der Waals surface area contributed by atoms with Crippen LogP contribution in [0.15, 0.2) is 0 Å². The summed E-state index contributed by atoms with van der Waals surface area (Å²) in [5.41, 5.74) is -0.494. The van der Waals surface area contributed by atoms with Crippen LogP contribution in [0.5, 0.6) is 0 Å². The van der Waals surface area contributed by atoms with Gasteiger partial charge in [0.25, 0.3) is 0 Å². The molecule has 0 aromatic heterocycles. The standard InChI is InChI=1S/C14H27ClN2O4S/c1-14(2,3)21-13(18)17-8-5-12(6-9-17)11-16-22(19,20)10-4-7-15/h12,16H,4-11H2,1-3H3. The van der Waals surface area contributed by atoms with Crippen molar-refractivity contribution in [1.29, 1.82) is 0 Å². The molecule has 0 bridgehead atoms. The predicted octanol–water partition coefficient (Wildman–Crippen LogP) is 2.18. The normalized spacial score (nSPS) is 17.5. The van der Waals surface area contributed by atoms with E-state index in [2.05, 4.69) is 4.72 Å². The molecule has 1 rings (SSSR count). The summed E-state index contributed by atoms with van der Waals surface area (Å²) in [6.07, 6.45) is 1.70. The molecule has 0 spiro atoms. The molecular weight excluding hydrogens is 328 g/mol. The Morgan fingerprint density at radius 2 is 1.91 bits per heavy atom. The van der Waals surface area contributed by atoms with E-state index in [-0.39, 0.29) is 17.8 Å². The van der Waals surface area contributed by atoms with Crippen LogP contribution in [-0.4, -0.2) is 56.3 Å². The molecule has 1 amide bonds. The molecule has 1 aliphatic rings. The first kappa shape index (κ1) is 19.5. The zero-order valence-corrected chi connectivity index (χ0v) is 15.2. The van der Waals surface area contributed by atoms with Gasteiger partial charge in [0.2, 0.25) is 10.0 Å². The maximum Gasteiger partial charge on any atom is 0.410 e. The molecule has 1 heterocycles. The molecule has 1 aliphatic heterocycles. The molecule has 22 heavy (non-hydrogen) atoms. The highest BCUT2D eigenvalue weighted by Crippen LogP contribution is 2.19. The Kier molecular flexibility index (Phi) is 7.41. The number of amides is 1. The van der Waals surface area contributed by atoms with Crippen LogP contribution in [-0.2, 0) is 14.8 Å². The van der Waals surface area contributed by atoms with Gasteiger partial charge in [-0.05, 0) is 46.0 Å². The van der Waals surface area contributed by atoms with E-state index >= 15 is 0 Å². The zero-order valence-electron chi connectivity index (χ0n) is 13.6. The minimum absolute atomic E-state index is 0.0628. The molecule has 1 saturated heterocycles. The van der Waals surface area contributed by atoms with Gasteiger partial charge in [-0.2, -0.15) is 0 Å². The first-order chi connectivity index (χ1) is 10.1. The number of sulfonamides is 1. The van der Waals surface area contributed by atoms with Crippen molar-refractivity contribution >= 4 is 27.7 Å². The predicted molar refractivity (Wildman–Crippen MR) is 87.7 cm³/mol. The quantitative estimate of drug-likeness (QED) is 0.742. The van der Waals surface area contributed by atoms with Crippen molar-refractivity contribution in [2.24, 2.45) is 5.92 Å². The Morgan fingerprint density at radius 1 is 1.32 bits per heavy atom. The molecule has 0 saturated carbocycles.